The van der Waals surface area contributed by atoms with Crippen molar-refractivity contribution < 1.29 is 24.2 Å². The molecule has 4 unspecified atom stereocenters. The highest BCUT2D eigenvalue weighted by Crippen LogP contribution is 2.26. The Bertz CT molecular complexity index is 1120. The molecule has 2 aromatic rings. The van der Waals surface area contributed by atoms with Crippen LogP contribution >= 0.6 is 0 Å². The highest BCUT2D eigenvalue weighted by Gasteiger charge is 2.32. The van der Waals surface area contributed by atoms with Crippen molar-refractivity contribution in [3.63, 3.8) is 0 Å². The number of hydrogen-bond acceptors (Lipinski definition) is 5. The van der Waals surface area contributed by atoms with Crippen LogP contribution in [0.15, 0.2) is 66.7 Å². The summed E-state index contributed by atoms with van der Waals surface area (Å²) >= 11 is 0. The molecule has 4 atom stereocenters. The van der Waals surface area contributed by atoms with Crippen LogP contribution in [-0.2, 0) is 38.5 Å². The molecule has 0 aromatic heterocycles. The largest absolute Gasteiger partial charge is 0.461 e. The summed E-state index contributed by atoms with van der Waals surface area (Å²) in [5, 5.41) is 12.8. The minimum atomic E-state index is -0.546. The zero-order valence-electron chi connectivity index (χ0n) is 21.3. The minimum absolute atomic E-state index is 0.0520. The van der Waals surface area contributed by atoms with Crippen molar-refractivity contribution >= 4 is 17.8 Å². The summed E-state index contributed by atoms with van der Waals surface area (Å²) in [6.07, 6.45) is 5.45. The Morgan fingerprint density at radius 3 is 2.41 bits per heavy atom. The molecular weight excluding hydrogens is 468 g/mol. The molecule has 0 saturated carbocycles. The van der Waals surface area contributed by atoms with Gasteiger partial charge in [0.1, 0.15) is 6.10 Å². The summed E-state index contributed by atoms with van der Waals surface area (Å²) in [5.74, 6) is -1.52. The number of hydrogen-bond donors (Lipinski definition) is 2. The van der Waals surface area contributed by atoms with Gasteiger partial charge >= 0.3 is 5.97 Å². The minimum Gasteiger partial charge on any atom is -0.461 e. The number of esters is 1. The van der Waals surface area contributed by atoms with E-state index >= 15 is 0 Å². The second-order valence-electron chi connectivity index (χ2n) is 10.1. The Balaban J connectivity index is 1.45. The number of aliphatic hydroxyl groups is 1. The first-order valence-corrected chi connectivity index (χ1v) is 13.1. The number of nitrogens with one attached hydrogen (secondary N) is 1. The van der Waals surface area contributed by atoms with Crippen molar-refractivity contribution in [2.75, 3.05) is 13.2 Å². The Morgan fingerprint density at radius 1 is 1.00 bits per heavy atom. The number of aliphatic hydroxyl groups excluding tert-OH is 1. The van der Waals surface area contributed by atoms with E-state index in [0.29, 0.717) is 32.2 Å². The van der Waals surface area contributed by atoms with Crippen molar-refractivity contribution in [1.82, 2.24) is 10.2 Å². The van der Waals surface area contributed by atoms with E-state index < -0.39 is 12.0 Å². The lowest BCUT2D eigenvalue weighted by Crippen LogP contribution is -2.47. The van der Waals surface area contributed by atoms with Crippen LogP contribution in [0.3, 0.4) is 0 Å². The van der Waals surface area contributed by atoms with Crippen LogP contribution in [0.5, 0.6) is 0 Å². The third-order valence-electron chi connectivity index (χ3n) is 7.23. The number of carbonyl (C=O) groups is 3. The molecular formula is C30H36N2O5. The second kappa shape index (κ2) is 12.7. The lowest BCUT2D eigenvalue weighted by atomic mass is 9.92. The van der Waals surface area contributed by atoms with Gasteiger partial charge in [-0.25, -0.2) is 0 Å². The van der Waals surface area contributed by atoms with E-state index in [9.17, 15) is 19.5 Å². The van der Waals surface area contributed by atoms with Crippen molar-refractivity contribution in [1.29, 1.82) is 0 Å². The van der Waals surface area contributed by atoms with E-state index in [-0.39, 0.29) is 49.3 Å². The van der Waals surface area contributed by atoms with Gasteiger partial charge < -0.3 is 20.1 Å². The summed E-state index contributed by atoms with van der Waals surface area (Å²) in [4.78, 5) is 40.9. The molecule has 0 aliphatic carbocycles. The normalized spacial score (nSPS) is 24.8. The molecule has 4 rings (SSSR count). The Morgan fingerprint density at radius 2 is 1.68 bits per heavy atom. The standard InChI is InChI=1S/C30H36N2O5/c1-21-18-31-29(35)24(12-6-7-13-25(30(36)37-21)15-22-9-3-2-4-10-22)17-28(34)32-19-26-14-8-5-11-23(26)16-27(32)20-33/h2-11,14,21,24-25,27,33H,12-13,15-20H2,1H3,(H,31,35). The highest BCUT2D eigenvalue weighted by atomic mass is 16.5. The summed E-state index contributed by atoms with van der Waals surface area (Å²) in [6.45, 7) is 2.25. The Labute approximate surface area is 218 Å². The first-order valence-electron chi connectivity index (χ1n) is 13.1. The van der Waals surface area contributed by atoms with Crippen molar-refractivity contribution in [3.05, 3.63) is 83.4 Å². The molecule has 0 saturated heterocycles. The first-order chi connectivity index (χ1) is 17.9. The van der Waals surface area contributed by atoms with Crippen molar-refractivity contribution in [2.24, 2.45) is 11.8 Å². The third kappa shape index (κ3) is 7.07. The van der Waals surface area contributed by atoms with Gasteiger partial charge in [0.25, 0.3) is 0 Å². The topological polar surface area (TPSA) is 95.9 Å². The van der Waals surface area contributed by atoms with Crippen LogP contribution in [0.25, 0.3) is 0 Å². The van der Waals surface area contributed by atoms with Crippen LogP contribution in [-0.4, -0.2) is 53.1 Å². The van der Waals surface area contributed by atoms with E-state index in [1.54, 1.807) is 11.8 Å². The predicted octanol–water partition coefficient (Wildman–Crippen LogP) is 3.20. The van der Waals surface area contributed by atoms with Crippen LogP contribution < -0.4 is 5.32 Å². The van der Waals surface area contributed by atoms with Gasteiger partial charge in [-0.15, -0.1) is 0 Å². The number of ether oxygens (including phenoxy) is 1. The average Bonchev–Trinajstić information content (AvgIpc) is 2.91. The van der Waals surface area contributed by atoms with Gasteiger partial charge in [-0.05, 0) is 49.3 Å². The molecule has 196 valence electrons. The van der Waals surface area contributed by atoms with Gasteiger partial charge in [-0.1, -0.05) is 66.7 Å². The number of carbonyl (C=O) groups excluding carboxylic acids is 3. The number of amides is 2. The molecule has 0 spiro atoms. The maximum Gasteiger partial charge on any atom is 0.309 e. The first kappa shape index (κ1) is 26.6. The van der Waals surface area contributed by atoms with Gasteiger partial charge in [0.15, 0.2) is 0 Å². The zero-order valence-corrected chi connectivity index (χ0v) is 21.3. The Kier molecular flexibility index (Phi) is 9.12. The fraction of sp³-hybridized carbons (Fsp3) is 0.433. The van der Waals surface area contributed by atoms with E-state index in [2.05, 4.69) is 5.32 Å². The van der Waals surface area contributed by atoms with Crippen LogP contribution in [0, 0.1) is 11.8 Å². The molecule has 2 heterocycles. The summed E-state index contributed by atoms with van der Waals surface area (Å²) in [7, 11) is 0. The van der Waals surface area contributed by atoms with E-state index in [4.69, 9.17) is 4.74 Å². The van der Waals surface area contributed by atoms with Crippen LogP contribution in [0.2, 0.25) is 0 Å². The number of allylic oxidation sites excluding steroid dienone is 2. The number of fused-ring (bicyclic) bond motifs is 1. The number of rotatable bonds is 5. The fourth-order valence-electron chi connectivity index (χ4n) is 5.06. The zero-order chi connectivity index (χ0) is 26.2. The van der Waals surface area contributed by atoms with E-state index in [1.807, 2.05) is 66.7 Å². The predicted molar refractivity (Wildman–Crippen MR) is 140 cm³/mol. The molecule has 7 heteroatoms. The molecule has 37 heavy (non-hydrogen) atoms. The van der Waals surface area contributed by atoms with Gasteiger partial charge in [0, 0.05) is 13.0 Å². The third-order valence-corrected chi connectivity index (χ3v) is 7.23. The molecule has 0 bridgehead atoms. The second-order valence-corrected chi connectivity index (χ2v) is 10.1. The summed E-state index contributed by atoms with van der Waals surface area (Å²) < 4.78 is 5.64. The van der Waals surface area contributed by atoms with E-state index in [1.165, 1.54) is 0 Å². The molecule has 7 nitrogen and oxygen atoms in total. The Hall–Kier alpha value is -3.45. The molecule has 2 N–H and O–H groups in total. The monoisotopic (exact) mass is 504 g/mol. The molecule has 2 aliphatic heterocycles. The number of cyclic esters (lactones) is 1. The molecule has 2 aliphatic rings. The van der Waals surface area contributed by atoms with Gasteiger partial charge in [0.05, 0.1) is 31.0 Å². The maximum atomic E-state index is 13.4. The van der Waals surface area contributed by atoms with Crippen molar-refractivity contribution in [3.8, 4) is 0 Å². The molecule has 2 aromatic carbocycles. The number of nitrogens with zero attached hydrogens (tertiary/aromatic N) is 1. The van der Waals surface area contributed by atoms with E-state index in [0.717, 1.165) is 16.7 Å². The number of benzene rings is 2. The average molecular weight is 505 g/mol. The summed E-state index contributed by atoms with van der Waals surface area (Å²) in [6, 6.07) is 17.5. The smallest absolute Gasteiger partial charge is 0.309 e. The summed E-state index contributed by atoms with van der Waals surface area (Å²) in [5.41, 5.74) is 3.28. The van der Waals surface area contributed by atoms with Crippen LogP contribution in [0.4, 0.5) is 0 Å². The quantitative estimate of drug-likeness (QED) is 0.482. The molecule has 0 fully saturated rings. The fourth-order valence-corrected chi connectivity index (χ4v) is 5.06. The lowest BCUT2D eigenvalue weighted by Gasteiger charge is -2.36. The molecule has 2 amide bonds. The SMILES string of the molecule is CC1CNC(=O)C(CC(=O)N2Cc3ccccc3CC2CO)CC=CCC(Cc2ccccc2)C(=O)O1. The van der Waals surface area contributed by atoms with Gasteiger partial charge in [0.2, 0.25) is 11.8 Å². The van der Waals surface area contributed by atoms with Gasteiger partial charge in [-0.2, -0.15) is 0 Å². The van der Waals surface area contributed by atoms with Crippen molar-refractivity contribution in [2.45, 2.75) is 57.7 Å². The highest BCUT2D eigenvalue weighted by molar-refractivity contribution is 5.86. The maximum absolute atomic E-state index is 13.4. The lowest BCUT2D eigenvalue weighted by molar-refractivity contribution is -0.153. The van der Waals surface area contributed by atoms with Crippen LogP contribution in [0.1, 0.15) is 42.9 Å². The molecule has 0 radical (unpaired) electrons. The van der Waals surface area contributed by atoms with Gasteiger partial charge in [-0.3, -0.25) is 14.4 Å².